The van der Waals surface area contributed by atoms with Crippen LogP contribution in [0.5, 0.6) is 5.75 Å². The second kappa shape index (κ2) is 8.54. The molecule has 4 rings (SSSR count). The Balaban J connectivity index is 1.50. The van der Waals surface area contributed by atoms with E-state index in [0.29, 0.717) is 45.5 Å². The first-order valence-corrected chi connectivity index (χ1v) is 10.3. The number of furan rings is 1. The van der Waals surface area contributed by atoms with E-state index in [1.54, 1.807) is 24.3 Å². The zero-order valence-electron chi connectivity index (χ0n) is 16.8. The summed E-state index contributed by atoms with van der Waals surface area (Å²) in [7, 11) is 0. The monoisotopic (exact) mass is 442 g/mol. The summed E-state index contributed by atoms with van der Waals surface area (Å²) in [5.74, 6) is 2.98. The van der Waals surface area contributed by atoms with Crippen LogP contribution >= 0.6 is 23.2 Å². The normalized spacial score (nSPS) is 11.3. The van der Waals surface area contributed by atoms with Crippen molar-refractivity contribution >= 4 is 23.2 Å². The molecule has 4 aromatic rings. The van der Waals surface area contributed by atoms with E-state index in [-0.39, 0.29) is 5.89 Å². The van der Waals surface area contributed by atoms with E-state index in [9.17, 15) is 0 Å². The molecule has 0 aliphatic heterocycles. The Kier molecular flexibility index (Phi) is 5.84. The van der Waals surface area contributed by atoms with E-state index in [0.717, 1.165) is 16.9 Å². The molecule has 0 saturated heterocycles. The summed E-state index contributed by atoms with van der Waals surface area (Å²) in [5, 5.41) is 4.98. The van der Waals surface area contributed by atoms with Gasteiger partial charge in [-0.1, -0.05) is 54.3 Å². The molecular weight excluding hydrogens is 423 g/mol. The number of nitrogens with zero attached hydrogens (tertiary/aromatic N) is 2. The summed E-state index contributed by atoms with van der Waals surface area (Å²) in [6.45, 7) is 6.63. The average Bonchev–Trinajstić information content (AvgIpc) is 3.35. The van der Waals surface area contributed by atoms with Crippen LogP contribution in [0.3, 0.4) is 0 Å². The minimum Gasteiger partial charge on any atom is -0.485 e. The van der Waals surface area contributed by atoms with E-state index in [2.05, 4.69) is 36.1 Å². The summed E-state index contributed by atoms with van der Waals surface area (Å²) in [6, 6.07) is 14.9. The van der Waals surface area contributed by atoms with Gasteiger partial charge in [0.2, 0.25) is 5.82 Å². The Morgan fingerprint density at radius 2 is 1.87 bits per heavy atom. The lowest BCUT2D eigenvalue weighted by molar-refractivity contribution is 0.267. The zero-order valence-corrected chi connectivity index (χ0v) is 18.3. The van der Waals surface area contributed by atoms with E-state index in [4.69, 9.17) is 36.9 Å². The van der Waals surface area contributed by atoms with Gasteiger partial charge in [0, 0.05) is 10.6 Å². The number of halogens is 2. The van der Waals surface area contributed by atoms with Crippen molar-refractivity contribution in [3.8, 4) is 28.8 Å². The highest BCUT2D eigenvalue weighted by molar-refractivity contribution is 6.36. The highest BCUT2D eigenvalue weighted by Crippen LogP contribution is 2.31. The van der Waals surface area contributed by atoms with E-state index < -0.39 is 0 Å². The third-order valence-electron chi connectivity index (χ3n) is 4.63. The maximum Gasteiger partial charge on any atom is 0.293 e. The lowest BCUT2D eigenvalue weighted by Gasteiger charge is -2.14. The van der Waals surface area contributed by atoms with Crippen LogP contribution in [0.1, 0.15) is 36.7 Å². The summed E-state index contributed by atoms with van der Waals surface area (Å²) in [6.07, 6.45) is 0. The van der Waals surface area contributed by atoms with Crippen LogP contribution in [-0.4, -0.2) is 10.1 Å². The second-order valence-corrected chi connectivity index (χ2v) is 8.14. The molecule has 0 unspecified atom stereocenters. The van der Waals surface area contributed by atoms with Crippen molar-refractivity contribution in [1.29, 1.82) is 0 Å². The van der Waals surface area contributed by atoms with Gasteiger partial charge < -0.3 is 13.7 Å². The van der Waals surface area contributed by atoms with Crippen LogP contribution < -0.4 is 4.74 Å². The molecule has 2 heterocycles. The molecule has 0 spiro atoms. The zero-order chi connectivity index (χ0) is 21.3. The number of hydrogen-bond acceptors (Lipinski definition) is 5. The standard InChI is InChI=1S/C23H20Cl2N2O3/c1-13(2)17-7-4-14(3)10-21(17)28-12-16-6-9-20(29-16)23-26-22(27-30-23)18-8-5-15(24)11-19(18)25/h4-11,13H,12H2,1-3H3. The van der Waals surface area contributed by atoms with Crippen LogP contribution in [0, 0.1) is 6.92 Å². The number of aromatic nitrogens is 2. The third-order valence-corrected chi connectivity index (χ3v) is 5.18. The predicted octanol–water partition coefficient (Wildman–Crippen LogP) is 7.31. The molecule has 0 saturated carbocycles. The van der Waals surface area contributed by atoms with Crippen molar-refractivity contribution in [3.63, 3.8) is 0 Å². The fourth-order valence-corrected chi connectivity index (χ4v) is 3.56. The Morgan fingerprint density at radius 3 is 2.63 bits per heavy atom. The molecule has 0 aliphatic carbocycles. The van der Waals surface area contributed by atoms with Crippen LogP contribution in [0.2, 0.25) is 10.0 Å². The molecule has 0 atom stereocenters. The molecule has 0 radical (unpaired) electrons. The van der Waals surface area contributed by atoms with E-state index in [1.807, 2.05) is 19.1 Å². The molecule has 7 heteroatoms. The van der Waals surface area contributed by atoms with Crippen molar-refractivity contribution in [1.82, 2.24) is 10.1 Å². The molecule has 0 aliphatic rings. The van der Waals surface area contributed by atoms with Gasteiger partial charge in [-0.05, 0) is 60.4 Å². The van der Waals surface area contributed by atoms with Gasteiger partial charge in [0.05, 0.1) is 5.02 Å². The Hall–Kier alpha value is -2.76. The molecular formula is C23H20Cl2N2O3. The fraction of sp³-hybridized carbons (Fsp3) is 0.217. The highest BCUT2D eigenvalue weighted by atomic mass is 35.5. The van der Waals surface area contributed by atoms with Gasteiger partial charge in [-0.2, -0.15) is 4.98 Å². The Bertz CT molecular complexity index is 1180. The molecule has 0 fully saturated rings. The lowest BCUT2D eigenvalue weighted by atomic mass is 10.0. The molecule has 154 valence electrons. The highest BCUT2D eigenvalue weighted by Gasteiger charge is 2.17. The molecule has 0 bridgehead atoms. The summed E-state index contributed by atoms with van der Waals surface area (Å²) >= 11 is 12.2. The summed E-state index contributed by atoms with van der Waals surface area (Å²) in [5.41, 5.74) is 2.94. The van der Waals surface area contributed by atoms with Crippen LogP contribution in [0.25, 0.3) is 23.0 Å². The fourth-order valence-electron chi connectivity index (χ4n) is 3.07. The first kappa shape index (κ1) is 20.5. The predicted molar refractivity (Wildman–Crippen MR) is 117 cm³/mol. The van der Waals surface area contributed by atoms with Crippen LogP contribution in [0.15, 0.2) is 57.5 Å². The SMILES string of the molecule is Cc1ccc(C(C)C)c(OCc2ccc(-c3nc(-c4ccc(Cl)cc4Cl)no3)o2)c1. The molecule has 5 nitrogen and oxygen atoms in total. The Morgan fingerprint density at radius 1 is 1.03 bits per heavy atom. The quantitative estimate of drug-likeness (QED) is 0.313. The first-order valence-electron chi connectivity index (χ1n) is 9.52. The minimum absolute atomic E-state index is 0.265. The number of hydrogen-bond donors (Lipinski definition) is 0. The summed E-state index contributed by atoms with van der Waals surface area (Å²) in [4.78, 5) is 4.38. The number of aryl methyl sites for hydroxylation is 1. The number of rotatable bonds is 6. The van der Waals surface area contributed by atoms with Gasteiger partial charge in [0.15, 0.2) is 5.76 Å². The van der Waals surface area contributed by atoms with Crippen molar-refractivity contribution in [2.24, 2.45) is 0 Å². The second-order valence-electron chi connectivity index (χ2n) is 7.30. The van der Waals surface area contributed by atoms with Crippen molar-refractivity contribution in [2.45, 2.75) is 33.3 Å². The van der Waals surface area contributed by atoms with Crippen molar-refractivity contribution in [3.05, 3.63) is 75.5 Å². The van der Waals surface area contributed by atoms with Gasteiger partial charge in [-0.25, -0.2) is 0 Å². The van der Waals surface area contributed by atoms with E-state index in [1.165, 1.54) is 0 Å². The van der Waals surface area contributed by atoms with Crippen LogP contribution in [0.4, 0.5) is 0 Å². The number of benzene rings is 2. The average molecular weight is 443 g/mol. The Labute approximate surface area is 184 Å². The van der Waals surface area contributed by atoms with Gasteiger partial charge in [0.25, 0.3) is 5.89 Å². The molecule has 30 heavy (non-hydrogen) atoms. The van der Waals surface area contributed by atoms with Gasteiger partial charge in [-0.3, -0.25) is 0 Å². The van der Waals surface area contributed by atoms with E-state index >= 15 is 0 Å². The molecule has 0 N–H and O–H groups in total. The maximum atomic E-state index is 6.22. The van der Waals surface area contributed by atoms with Gasteiger partial charge >= 0.3 is 0 Å². The van der Waals surface area contributed by atoms with Crippen molar-refractivity contribution in [2.75, 3.05) is 0 Å². The minimum atomic E-state index is 0.265. The first-order chi connectivity index (χ1) is 14.4. The maximum absolute atomic E-state index is 6.22. The van der Waals surface area contributed by atoms with Gasteiger partial charge in [-0.15, -0.1) is 0 Å². The van der Waals surface area contributed by atoms with Gasteiger partial charge in [0.1, 0.15) is 18.1 Å². The largest absolute Gasteiger partial charge is 0.485 e. The number of ether oxygens (including phenoxy) is 1. The smallest absolute Gasteiger partial charge is 0.293 e. The van der Waals surface area contributed by atoms with Crippen LogP contribution in [-0.2, 0) is 6.61 Å². The topological polar surface area (TPSA) is 61.3 Å². The lowest BCUT2D eigenvalue weighted by Crippen LogP contribution is -1.99. The third kappa shape index (κ3) is 4.37. The molecule has 0 amide bonds. The molecule has 2 aromatic heterocycles. The van der Waals surface area contributed by atoms with Crippen molar-refractivity contribution < 1.29 is 13.7 Å². The molecule has 2 aromatic carbocycles. The summed E-state index contributed by atoms with van der Waals surface area (Å²) < 4.78 is 17.2.